The summed E-state index contributed by atoms with van der Waals surface area (Å²) in [4.78, 5) is 11.8. The lowest BCUT2D eigenvalue weighted by molar-refractivity contribution is 0.0977. The van der Waals surface area contributed by atoms with Crippen LogP contribution in [0.15, 0.2) is 24.3 Å². The first-order valence-corrected chi connectivity index (χ1v) is 6.62. The summed E-state index contributed by atoms with van der Waals surface area (Å²) in [5, 5.41) is 0. The number of hydrogen-bond acceptors (Lipinski definition) is 3. The number of rotatable bonds is 3. The van der Waals surface area contributed by atoms with Gasteiger partial charge in [-0.3, -0.25) is 4.79 Å². The molecule has 1 aromatic carbocycles. The summed E-state index contributed by atoms with van der Waals surface area (Å²) in [6.07, 6.45) is 0.858. The third-order valence-corrected chi connectivity index (χ3v) is 4.78. The normalized spacial score (nSPS) is 15.5. The van der Waals surface area contributed by atoms with E-state index in [1.165, 1.54) is 12.1 Å². The Morgan fingerprint density at radius 3 is 2.44 bits per heavy atom. The largest absolute Gasteiger partial charge is 0.291 e. The third-order valence-electron chi connectivity index (χ3n) is 2.19. The minimum absolute atomic E-state index is 0.0667. The van der Waals surface area contributed by atoms with Crippen LogP contribution < -0.4 is 0 Å². The number of alkyl halides is 1. The van der Waals surface area contributed by atoms with Crippen LogP contribution in [-0.2, 0) is 9.84 Å². The summed E-state index contributed by atoms with van der Waals surface area (Å²) in [5.41, 5.74) is -0.0667. The van der Waals surface area contributed by atoms with E-state index in [1.54, 1.807) is 0 Å². The highest BCUT2D eigenvalue weighted by molar-refractivity contribution is 7.94. The van der Waals surface area contributed by atoms with Gasteiger partial charge >= 0.3 is 0 Å². The monoisotopic (exact) mass is 264 g/mol. The molecule has 3 nitrogen and oxygen atoms in total. The van der Waals surface area contributed by atoms with Gasteiger partial charge in [0.15, 0.2) is 15.6 Å². The highest BCUT2D eigenvalue weighted by atomic mass is 35.5. The van der Waals surface area contributed by atoms with Gasteiger partial charge in [-0.15, -0.1) is 0 Å². The Bertz CT molecular complexity index is 523. The number of ketones is 1. The van der Waals surface area contributed by atoms with Gasteiger partial charge in [0.05, 0.1) is 0 Å². The van der Waals surface area contributed by atoms with Crippen molar-refractivity contribution in [3.05, 3.63) is 35.6 Å². The molecule has 0 radical (unpaired) electrons. The van der Waals surface area contributed by atoms with Gasteiger partial charge in [-0.1, -0.05) is 23.7 Å². The summed E-state index contributed by atoms with van der Waals surface area (Å²) in [5.74, 6) is -1.46. The van der Waals surface area contributed by atoms with Crippen molar-refractivity contribution in [1.82, 2.24) is 0 Å². The molecule has 0 bridgehead atoms. The van der Waals surface area contributed by atoms with Crippen molar-refractivity contribution in [2.45, 2.75) is 11.1 Å². The van der Waals surface area contributed by atoms with Crippen LogP contribution in [0, 0.1) is 5.82 Å². The van der Waals surface area contributed by atoms with Crippen molar-refractivity contribution >= 4 is 27.2 Å². The average molecular weight is 265 g/mol. The minimum atomic E-state index is -3.77. The van der Waals surface area contributed by atoms with Crippen LogP contribution in [0.5, 0.6) is 0 Å². The van der Waals surface area contributed by atoms with Crippen molar-refractivity contribution in [2.24, 2.45) is 0 Å². The van der Waals surface area contributed by atoms with Crippen LogP contribution in [0.4, 0.5) is 4.39 Å². The molecule has 88 valence electrons. The number of benzene rings is 1. The molecular weight excluding hydrogens is 255 g/mol. The van der Waals surface area contributed by atoms with E-state index in [-0.39, 0.29) is 5.56 Å². The van der Waals surface area contributed by atoms with Gasteiger partial charge in [0.1, 0.15) is 5.82 Å². The zero-order valence-corrected chi connectivity index (χ0v) is 10.3. The first-order chi connectivity index (χ1) is 7.16. The molecule has 16 heavy (non-hydrogen) atoms. The van der Waals surface area contributed by atoms with E-state index in [2.05, 4.69) is 0 Å². The van der Waals surface area contributed by atoms with Gasteiger partial charge in [-0.2, -0.15) is 0 Å². The third kappa shape index (κ3) is 2.41. The fourth-order valence-corrected chi connectivity index (χ4v) is 1.62. The Morgan fingerprint density at radius 1 is 1.44 bits per heavy atom. The van der Waals surface area contributed by atoms with E-state index >= 15 is 0 Å². The molecule has 0 saturated carbocycles. The van der Waals surface area contributed by atoms with Gasteiger partial charge in [-0.05, 0) is 19.1 Å². The van der Waals surface area contributed by atoms with Crippen molar-refractivity contribution in [1.29, 1.82) is 0 Å². The number of hydrogen-bond donors (Lipinski definition) is 0. The molecule has 0 aliphatic heterocycles. The van der Waals surface area contributed by atoms with Gasteiger partial charge < -0.3 is 0 Å². The molecule has 0 amide bonds. The second kappa shape index (κ2) is 4.14. The van der Waals surface area contributed by atoms with Crippen LogP contribution in [0.25, 0.3) is 0 Å². The molecule has 0 aromatic heterocycles. The second-order valence-electron chi connectivity index (χ2n) is 3.53. The van der Waals surface area contributed by atoms with Crippen LogP contribution in [0.2, 0.25) is 0 Å². The lowest BCUT2D eigenvalue weighted by Gasteiger charge is -2.18. The van der Waals surface area contributed by atoms with Gasteiger partial charge in [0.25, 0.3) is 0 Å². The Morgan fingerprint density at radius 2 is 2.00 bits per heavy atom. The highest BCUT2D eigenvalue weighted by Crippen LogP contribution is 2.26. The first-order valence-electron chi connectivity index (χ1n) is 4.35. The molecule has 0 fully saturated rings. The van der Waals surface area contributed by atoms with E-state index in [1.807, 2.05) is 0 Å². The Labute approximate surface area is 98.1 Å². The molecule has 0 unspecified atom stereocenters. The Hall–Kier alpha value is -0.940. The lowest BCUT2D eigenvalue weighted by atomic mass is 10.1. The maximum Gasteiger partial charge on any atom is 0.204 e. The van der Waals surface area contributed by atoms with Gasteiger partial charge in [-0.25, -0.2) is 12.8 Å². The molecule has 1 rings (SSSR count). The number of carbonyl (C=O) groups excluding carboxylic acids is 1. The van der Waals surface area contributed by atoms with Crippen molar-refractivity contribution < 1.29 is 17.6 Å². The molecular formula is C10H10ClFO3S. The molecule has 1 atom stereocenters. The summed E-state index contributed by atoms with van der Waals surface area (Å²) < 4.78 is 33.4. The van der Waals surface area contributed by atoms with Gasteiger partial charge in [0, 0.05) is 11.8 Å². The maximum absolute atomic E-state index is 12.9. The number of sulfone groups is 1. The predicted octanol–water partition coefficient (Wildman–Crippen LogP) is 2.01. The molecule has 0 N–H and O–H groups in total. The molecule has 0 heterocycles. The van der Waals surface area contributed by atoms with Crippen LogP contribution in [0.1, 0.15) is 17.3 Å². The highest BCUT2D eigenvalue weighted by Gasteiger charge is 2.41. The van der Waals surface area contributed by atoms with Crippen molar-refractivity contribution in [3.63, 3.8) is 0 Å². The smallest absolute Gasteiger partial charge is 0.204 e. The maximum atomic E-state index is 12.9. The second-order valence-corrected chi connectivity index (χ2v) is 6.87. The standard InChI is InChI=1S/C10H10ClFO3S/c1-10(11,16(2,14)15)9(13)7-4-3-5-8(12)6-7/h3-6H,1-2H3/t10-/m1/s1. The molecule has 6 heteroatoms. The molecule has 1 aromatic rings. The van der Waals surface area contributed by atoms with E-state index in [9.17, 15) is 17.6 Å². The molecule has 0 aliphatic carbocycles. The van der Waals surface area contributed by atoms with E-state index < -0.39 is 25.6 Å². The summed E-state index contributed by atoms with van der Waals surface area (Å²) >= 11 is 5.69. The topological polar surface area (TPSA) is 51.2 Å². The van der Waals surface area contributed by atoms with E-state index in [4.69, 9.17) is 11.6 Å². The van der Waals surface area contributed by atoms with E-state index in [0.29, 0.717) is 0 Å². The minimum Gasteiger partial charge on any atom is -0.291 e. The van der Waals surface area contributed by atoms with Crippen molar-refractivity contribution in [3.8, 4) is 0 Å². The molecule has 0 spiro atoms. The molecule has 0 saturated heterocycles. The average Bonchev–Trinajstić information content (AvgIpc) is 2.14. The Balaban J connectivity index is 3.23. The molecule has 0 aliphatic rings. The fraction of sp³-hybridized carbons (Fsp3) is 0.300. The van der Waals surface area contributed by atoms with Crippen LogP contribution >= 0.6 is 11.6 Å². The zero-order chi connectivity index (χ0) is 12.6. The Kier molecular flexibility index (Phi) is 3.40. The lowest BCUT2D eigenvalue weighted by Crippen LogP contribution is -2.37. The zero-order valence-electron chi connectivity index (χ0n) is 8.70. The number of Topliss-reactive ketones (excluding diaryl/α,β-unsaturated/α-hetero) is 1. The fourth-order valence-electron chi connectivity index (χ4n) is 1.06. The summed E-state index contributed by atoms with van der Waals surface area (Å²) in [6.45, 7) is 1.08. The quantitative estimate of drug-likeness (QED) is 0.620. The number of carbonyl (C=O) groups is 1. The SMILES string of the molecule is C[C@](Cl)(C(=O)c1cccc(F)c1)S(C)(=O)=O. The first kappa shape index (κ1) is 13.1. The van der Waals surface area contributed by atoms with E-state index in [0.717, 1.165) is 25.3 Å². The summed E-state index contributed by atoms with van der Waals surface area (Å²) in [6, 6.07) is 4.74. The summed E-state index contributed by atoms with van der Waals surface area (Å²) in [7, 11) is -3.77. The van der Waals surface area contributed by atoms with Gasteiger partial charge in [0.2, 0.25) is 4.21 Å². The van der Waals surface area contributed by atoms with Crippen LogP contribution in [0.3, 0.4) is 0 Å². The van der Waals surface area contributed by atoms with Crippen molar-refractivity contribution in [2.75, 3.05) is 6.26 Å². The number of halogens is 2. The van der Waals surface area contributed by atoms with Crippen LogP contribution in [-0.4, -0.2) is 24.7 Å². The predicted molar refractivity (Wildman–Crippen MR) is 59.8 cm³/mol.